The first-order chi connectivity index (χ1) is 12.1. The van der Waals surface area contributed by atoms with Crippen molar-refractivity contribution in [1.29, 1.82) is 0 Å². The Morgan fingerprint density at radius 1 is 1.00 bits per heavy atom. The number of thiazole rings is 1. The van der Waals surface area contributed by atoms with Crippen LogP contribution in [0, 0.1) is 20.8 Å². The fourth-order valence-electron chi connectivity index (χ4n) is 3.86. The van der Waals surface area contributed by atoms with Gasteiger partial charge in [-0.2, -0.15) is 0 Å². The lowest BCUT2D eigenvalue weighted by Crippen LogP contribution is -2.29. The molecule has 1 saturated heterocycles. The first-order valence-electron chi connectivity index (χ1n) is 9.11. The summed E-state index contributed by atoms with van der Waals surface area (Å²) in [6.45, 7) is 8.79. The first kappa shape index (κ1) is 16.4. The standard InChI is InChI=1S/C21H25N3S/c1-14-12-15(2)19(16(3)13-14)23-21-22-17-8-7-9-18(20(17)25-21)24-10-5-4-6-11-24/h7-9,12-13H,4-6,10-11H2,1-3H3,(H,22,23). The minimum absolute atomic E-state index is 0.981. The van der Waals surface area contributed by atoms with Crippen LogP contribution in [0.25, 0.3) is 10.2 Å². The minimum Gasteiger partial charge on any atom is -0.370 e. The predicted molar refractivity (Wildman–Crippen MR) is 110 cm³/mol. The number of anilines is 3. The summed E-state index contributed by atoms with van der Waals surface area (Å²) in [6, 6.07) is 11.0. The molecule has 1 aliphatic heterocycles. The van der Waals surface area contributed by atoms with E-state index in [4.69, 9.17) is 4.98 Å². The molecule has 130 valence electrons. The number of piperidine rings is 1. The summed E-state index contributed by atoms with van der Waals surface area (Å²) in [4.78, 5) is 7.37. The van der Waals surface area contributed by atoms with Crippen LogP contribution in [0.1, 0.15) is 36.0 Å². The van der Waals surface area contributed by atoms with E-state index in [1.807, 2.05) is 0 Å². The molecule has 4 rings (SSSR count). The number of aromatic nitrogens is 1. The van der Waals surface area contributed by atoms with Gasteiger partial charge < -0.3 is 10.2 Å². The third kappa shape index (κ3) is 3.23. The number of hydrogen-bond acceptors (Lipinski definition) is 4. The van der Waals surface area contributed by atoms with Crippen LogP contribution in [0.3, 0.4) is 0 Å². The second-order valence-corrected chi connectivity index (χ2v) is 8.09. The van der Waals surface area contributed by atoms with Crippen LogP contribution in [0.5, 0.6) is 0 Å². The summed E-state index contributed by atoms with van der Waals surface area (Å²) in [5.74, 6) is 0. The van der Waals surface area contributed by atoms with Gasteiger partial charge in [0, 0.05) is 18.8 Å². The molecule has 2 aromatic carbocycles. The average molecular weight is 352 g/mol. The summed E-state index contributed by atoms with van der Waals surface area (Å²) >= 11 is 1.77. The Labute approximate surface area is 153 Å². The van der Waals surface area contributed by atoms with Crippen molar-refractivity contribution in [3.63, 3.8) is 0 Å². The van der Waals surface area contributed by atoms with Crippen molar-refractivity contribution in [3.8, 4) is 0 Å². The SMILES string of the molecule is Cc1cc(C)c(Nc2nc3cccc(N4CCCCC4)c3s2)c(C)c1. The maximum atomic E-state index is 4.85. The zero-order chi connectivity index (χ0) is 17.4. The van der Waals surface area contributed by atoms with Gasteiger partial charge in [-0.15, -0.1) is 0 Å². The van der Waals surface area contributed by atoms with E-state index >= 15 is 0 Å². The minimum atomic E-state index is 0.981. The van der Waals surface area contributed by atoms with Gasteiger partial charge in [0.2, 0.25) is 0 Å². The molecule has 3 nitrogen and oxygen atoms in total. The average Bonchev–Trinajstić information content (AvgIpc) is 3.01. The summed E-state index contributed by atoms with van der Waals surface area (Å²) in [5.41, 5.74) is 7.47. The van der Waals surface area contributed by atoms with Gasteiger partial charge >= 0.3 is 0 Å². The van der Waals surface area contributed by atoms with Crippen LogP contribution in [0.15, 0.2) is 30.3 Å². The van der Waals surface area contributed by atoms with Crippen molar-refractivity contribution < 1.29 is 0 Å². The summed E-state index contributed by atoms with van der Waals surface area (Å²) in [6.07, 6.45) is 3.94. The Hall–Kier alpha value is -2.07. The van der Waals surface area contributed by atoms with Crippen molar-refractivity contribution in [1.82, 2.24) is 4.98 Å². The van der Waals surface area contributed by atoms with Crippen molar-refractivity contribution in [2.75, 3.05) is 23.3 Å². The van der Waals surface area contributed by atoms with E-state index in [0.717, 1.165) is 23.7 Å². The lowest BCUT2D eigenvalue weighted by atomic mass is 10.1. The molecule has 2 heterocycles. The molecule has 0 aliphatic carbocycles. The van der Waals surface area contributed by atoms with E-state index < -0.39 is 0 Å². The molecule has 0 unspecified atom stereocenters. The lowest BCUT2D eigenvalue weighted by molar-refractivity contribution is 0.579. The molecule has 3 aromatic rings. The van der Waals surface area contributed by atoms with Crippen molar-refractivity contribution in [3.05, 3.63) is 47.0 Å². The topological polar surface area (TPSA) is 28.2 Å². The molecule has 1 aliphatic rings. The number of benzene rings is 2. The van der Waals surface area contributed by atoms with Gasteiger partial charge in [-0.3, -0.25) is 0 Å². The maximum absolute atomic E-state index is 4.85. The highest BCUT2D eigenvalue weighted by molar-refractivity contribution is 7.22. The molecule has 1 N–H and O–H groups in total. The number of nitrogens with one attached hydrogen (secondary N) is 1. The van der Waals surface area contributed by atoms with E-state index in [1.54, 1.807) is 11.3 Å². The van der Waals surface area contributed by atoms with Gasteiger partial charge in [0.15, 0.2) is 5.13 Å². The van der Waals surface area contributed by atoms with Gasteiger partial charge in [0.25, 0.3) is 0 Å². The zero-order valence-corrected chi connectivity index (χ0v) is 16.0. The number of nitrogens with zero attached hydrogens (tertiary/aromatic N) is 2. The Balaban J connectivity index is 1.70. The van der Waals surface area contributed by atoms with Gasteiger partial charge in [-0.1, -0.05) is 35.1 Å². The fraction of sp³-hybridized carbons (Fsp3) is 0.381. The number of hydrogen-bond donors (Lipinski definition) is 1. The van der Waals surface area contributed by atoms with E-state index in [0.29, 0.717) is 0 Å². The van der Waals surface area contributed by atoms with Gasteiger partial charge in [-0.05, 0) is 63.3 Å². The van der Waals surface area contributed by atoms with Crippen LogP contribution in [-0.2, 0) is 0 Å². The first-order valence-corrected chi connectivity index (χ1v) is 9.93. The Kier molecular flexibility index (Phi) is 4.38. The van der Waals surface area contributed by atoms with Crippen LogP contribution in [0.2, 0.25) is 0 Å². The van der Waals surface area contributed by atoms with E-state index in [9.17, 15) is 0 Å². The van der Waals surface area contributed by atoms with Crippen molar-refractivity contribution >= 4 is 38.1 Å². The highest BCUT2D eigenvalue weighted by atomic mass is 32.1. The summed E-state index contributed by atoms with van der Waals surface area (Å²) < 4.78 is 1.30. The molecule has 0 bridgehead atoms. The Morgan fingerprint density at radius 3 is 2.44 bits per heavy atom. The molecular formula is C21H25N3S. The lowest BCUT2D eigenvalue weighted by Gasteiger charge is -2.29. The highest BCUT2D eigenvalue weighted by Crippen LogP contribution is 2.37. The Bertz CT molecular complexity index is 884. The highest BCUT2D eigenvalue weighted by Gasteiger charge is 2.16. The largest absolute Gasteiger partial charge is 0.370 e. The third-order valence-corrected chi connectivity index (χ3v) is 6.01. The zero-order valence-electron chi connectivity index (χ0n) is 15.2. The van der Waals surface area contributed by atoms with Crippen LogP contribution >= 0.6 is 11.3 Å². The van der Waals surface area contributed by atoms with Gasteiger partial charge in [0.05, 0.1) is 15.9 Å². The molecule has 0 amide bonds. The predicted octanol–water partition coefficient (Wildman–Crippen LogP) is 5.96. The van der Waals surface area contributed by atoms with Crippen LogP contribution < -0.4 is 10.2 Å². The van der Waals surface area contributed by atoms with E-state index in [-0.39, 0.29) is 0 Å². The summed E-state index contributed by atoms with van der Waals surface area (Å²) in [5, 5.41) is 4.56. The third-order valence-electron chi connectivity index (χ3n) is 5.00. The second-order valence-electron chi connectivity index (χ2n) is 7.09. The maximum Gasteiger partial charge on any atom is 0.188 e. The Morgan fingerprint density at radius 2 is 1.72 bits per heavy atom. The molecule has 4 heteroatoms. The molecule has 1 aromatic heterocycles. The molecule has 0 spiro atoms. The van der Waals surface area contributed by atoms with Crippen LogP contribution in [-0.4, -0.2) is 18.1 Å². The molecule has 1 fully saturated rings. The second kappa shape index (κ2) is 6.68. The van der Waals surface area contributed by atoms with Crippen molar-refractivity contribution in [2.45, 2.75) is 40.0 Å². The van der Waals surface area contributed by atoms with Crippen LogP contribution in [0.4, 0.5) is 16.5 Å². The van der Waals surface area contributed by atoms with E-state index in [2.05, 4.69) is 61.3 Å². The molecule has 0 atom stereocenters. The normalized spacial score (nSPS) is 14.9. The molecule has 0 saturated carbocycles. The van der Waals surface area contributed by atoms with Gasteiger partial charge in [0.1, 0.15) is 0 Å². The molecule has 25 heavy (non-hydrogen) atoms. The number of rotatable bonds is 3. The monoisotopic (exact) mass is 351 g/mol. The molecule has 0 radical (unpaired) electrons. The van der Waals surface area contributed by atoms with E-state index in [1.165, 1.54) is 52.0 Å². The number of aryl methyl sites for hydroxylation is 3. The van der Waals surface area contributed by atoms with Gasteiger partial charge in [-0.25, -0.2) is 4.98 Å². The smallest absolute Gasteiger partial charge is 0.188 e. The number of fused-ring (bicyclic) bond motifs is 1. The molecular weight excluding hydrogens is 326 g/mol. The fourth-order valence-corrected chi connectivity index (χ4v) is 4.87. The summed E-state index contributed by atoms with van der Waals surface area (Å²) in [7, 11) is 0. The van der Waals surface area contributed by atoms with Crippen molar-refractivity contribution in [2.24, 2.45) is 0 Å². The quantitative estimate of drug-likeness (QED) is 0.631.